The van der Waals surface area contributed by atoms with Gasteiger partial charge in [-0.3, -0.25) is 14.9 Å². The third kappa shape index (κ3) is 5.06. The molecule has 7 nitrogen and oxygen atoms in total. The van der Waals surface area contributed by atoms with Crippen LogP contribution in [0.25, 0.3) is 0 Å². The molecule has 0 aliphatic rings. The minimum absolute atomic E-state index is 0.0128. The highest BCUT2D eigenvalue weighted by Crippen LogP contribution is 2.16. The van der Waals surface area contributed by atoms with Gasteiger partial charge in [0.2, 0.25) is 0 Å². The number of rotatable bonds is 6. The molecule has 0 saturated heterocycles. The summed E-state index contributed by atoms with van der Waals surface area (Å²) in [7, 11) is 0. The number of hydrazone groups is 1. The Morgan fingerprint density at radius 1 is 1.25 bits per heavy atom. The third-order valence-corrected chi connectivity index (χ3v) is 3.24. The van der Waals surface area contributed by atoms with E-state index in [2.05, 4.69) is 10.5 Å². The molecule has 24 heavy (non-hydrogen) atoms. The Balaban J connectivity index is 1.87. The van der Waals surface area contributed by atoms with Gasteiger partial charge in [-0.15, -0.1) is 0 Å². The zero-order valence-electron chi connectivity index (χ0n) is 12.7. The topological polar surface area (TPSA) is 93.8 Å². The lowest BCUT2D eigenvalue weighted by molar-refractivity contribution is -0.384. The molecule has 0 heterocycles. The number of amides is 1. The first-order valence-electron chi connectivity index (χ1n) is 6.95. The second kappa shape index (κ2) is 8.07. The average Bonchev–Trinajstić information content (AvgIpc) is 2.57. The molecule has 0 spiro atoms. The molecule has 2 aromatic carbocycles. The Hall–Kier alpha value is -2.93. The number of nitrogens with zero attached hydrogens (tertiary/aromatic N) is 2. The van der Waals surface area contributed by atoms with E-state index in [-0.39, 0.29) is 5.69 Å². The molecule has 0 bridgehead atoms. The summed E-state index contributed by atoms with van der Waals surface area (Å²) in [5, 5.41) is 14.9. The van der Waals surface area contributed by atoms with Crippen LogP contribution in [0.5, 0.6) is 5.75 Å². The van der Waals surface area contributed by atoms with Gasteiger partial charge in [0, 0.05) is 17.2 Å². The summed E-state index contributed by atoms with van der Waals surface area (Å²) in [6.07, 6.45) is 0.636. The number of carbonyl (C=O) groups excluding carboxylic acids is 1. The van der Waals surface area contributed by atoms with Crippen LogP contribution in [0.2, 0.25) is 5.02 Å². The quantitative estimate of drug-likeness (QED) is 0.493. The number of hydrogen-bond donors (Lipinski definition) is 1. The minimum atomic E-state index is -0.750. The number of halogens is 1. The lowest BCUT2D eigenvalue weighted by Gasteiger charge is -2.12. The van der Waals surface area contributed by atoms with Gasteiger partial charge in [0.05, 0.1) is 11.1 Å². The molecule has 1 amide bonds. The highest BCUT2D eigenvalue weighted by Gasteiger charge is 2.13. The summed E-state index contributed by atoms with van der Waals surface area (Å²) in [6.45, 7) is 1.59. The fourth-order valence-electron chi connectivity index (χ4n) is 1.71. The fraction of sp³-hybridized carbons (Fsp3) is 0.125. The van der Waals surface area contributed by atoms with E-state index < -0.39 is 16.9 Å². The van der Waals surface area contributed by atoms with Crippen LogP contribution in [0.1, 0.15) is 12.5 Å². The van der Waals surface area contributed by atoms with E-state index >= 15 is 0 Å². The maximum absolute atomic E-state index is 11.9. The van der Waals surface area contributed by atoms with E-state index in [0.29, 0.717) is 16.3 Å². The smallest absolute Gasteiger partial charge is 0.280 e. The van der Waals surface area contributed by atoms with E-state index in [4.69, 9.17) is 16.3 Å². The van der Waals surface area contributed by atoms with Crippen molar-refractivity contribution in [1.29, 1.82) is 0 Å². The van der Waals surface area contributed by atoms with Crippen molar-refractivity contribution in [2.45, 2.75) is 13.0 Å². The predicted octanol–water partition coefficient (Wildman–Crippen LogP) is 3.17. The van der Waals surface area contributed by atoms with E-state index in [1.807, 2.05) is 0 Å². The zero-order valence-corrected chi connectivity index (χ0v) is 13.4. The second-order valence-corrected chi connectivity index (χ2v) is 5.23. The molecule has 0 fully saturated rings. The van der Waals surface area contributed by atoms with E-state index in [0.717, 1.165) is 0 Å². The van der Waals surface area contributed by atoms with E-state index in [9.17, 15) is 14.9 Å². The predicted molar refractivity (Wildman–Crippen MR) is 90.4 cm³/mol. The number of nitrogens with one attached hydrogen (secondary N) is 1. The molecule has 0 aromatic heterocycles. The molecule has 1 atom stereocenters. The molecule has 8 heteroatoms. The van der Waals surface area contributed by atoms with Gasteiger partial charge in [-0.25, -0.2) is 5.43 Å². The number of benzene rings is 2. The van der Waals surface area contributed by atoms with Crippen molar-refractivity contribution in [1.82, 2.24) is 5.43 Å². The maximum Gasteiger partial charge on any atom is 0.280 e. The second-order valence-electron chi connectivity index (χ2n) is 4.80. The van der Waals surface area contributed by atoms with Crippen molar-refractivity contribution in [3.63, 3.8) is 0 Å². The van der Waals surface area contributed by atoms with Crippen molar-refractivity contribution in [3.05, 3.63) is 69.2 Å². The summed E-state index contributed by atoms with van der Waals surface area (Å²) >= 11 is 5.77. The standard InChI is InChI=1S/C16H14ClN3O4/c1-11(24-15-8-4-13(17)5-9-15)16(21)19-18-10-12-2-6-14(7-3-12)20(22)23/h2-11H,1H3,(H,19,21)/b18-10-/t11-/m1/s1. The van der Waals surface area contributed by atoms with Gasteiger partial charge >= 0.3 is 0 Å². The van der Waals surface area contributed by atoms with Crippen molar-refractivity contribution >= 4 is 29.4 Å². The van der Waals surface area contributed by atoms with Crippen LogP contribution in [-0.2, 0) is 4.79 Å². The lowest BCUT2D eigenvalue weighted by Crippen LogP contribution is -2.33. The largest absolute Gasteiger partial charge is 0.481 e. The van der Waals surface area contributed by atoms with Crippen molar-refractivity contribution in [3.8, 4) is 5.75 Å². The van der Waals surface area contributed by atoms with Crippen LogP contribution in [0.15, 0.2) is 53.6 Å². The number of hydrogen-bond acceptors (Lipinski definition) is 5. The van der Waals surface area contributed by atoms with Gasteiger partial charge in [-0.05, 0) is 48.9 Å². The Bertz CT molecular complexity index is 745. The van der Waals surface area contributed by atoms with Gasteiger partial charge in [-0.2, -0.15) is 5.10 Å². The molecular weight excluding hydrogens is 334 g/mol. The minimum Gasteiger partial charge on any atom is -0.481 e. The summed E-state index contributed by atoms with van der Waals surface area (Å²) < 4.78 is 5.46. The Kier molecular flexibility index (Phi) is 5.86. The zero-order chi connectivity index (χ0) is 17.5. The van der Waals surface area contributed by atoms with Gasteiger partial charge < -0.3 is 4.74 Å². The summed E-state index contributed by atoms with van der Waals surface area (Å²) in [5.41, 5.74) is 2.95. The fourth-order valence-corrected chi connectivity index (χ4v) is 1.84. The van der Waals surface area contributed by atoms with Gasteiger partial charge in [0.1, 0.15) is 5.75 Å². The summed E-state index contributed by atoms with van der Waals surface area (Å²) in [5.74, 6) is 0.0875. The molecule has 0 saturated carbocycles. The van der Waals surface area contributed by atoms with E-state index in [1.54, 1.807) is 31.2 Å². The maximum atomic E-state index is 11.9. The van der Waals surface area contributed by atoms with E-state index in [1.165, 1.54) is 30.5 Å². The van der Waals surface area contributed by atoms with Crippen molar-refractivity contribution in [2.24, 2.45) is 5.10 Å². The first-order chi connectivity index (χ1) is 11.5. The lowest BCUT2D eigenvalue weighted by atomic mass is 10.2. The van der Waals surface area contributed by atoms with Crippen molar-refractivity contribution < 1.29 is 14.5 Å². The van der Waals surface area contributed by atoms with Crippen LogP contribution in [-0.4, -0.2) is 23.1 Å². The molecule has 0 aliphatic heterocycles. The molecule has 2 rings (SSSR count). The van der Waals surface area contributed by atoms with Crippen LogP contribution in [0, 0.1) is 10.1 Å². The van der Waals surface area contributed by atoms with Gasteiger partial charge in [0.15, 0.2) is 6.10 Å². The first-order valence-corrected chi connectivity index (χ1v) is 7.33. The molecule has 0 aliphatic carbocycles. The average molecular weight is 348 g/mol. The first kappa shape index (κ1) is 17.4. The SMILES string of the molecule is C[C@@H](Oc1ccc(Cl)cc1)C(=O)N/N=C\c1ccc([N+](=O)[O-])cc1. The van der Waals surface area contributed by atoms with Gasteiger partial charge in [0.25, 0.3) is 11.6 Å². The molecule has 0 unspecified atom stereocenters. The van der Waals surface area contributed by atoms with Crippen LogP contribution in [0.4, 0.5) is 5.69 Å². The number of nitro benzene ring substituents is 1. The number of carbonyl (C=O) groups is 1. The highest BCUT2D eigenvalue weighted by molar-refractivity contribution is 6.30. The molecule has 0 radical (unpaired) electrons. The molecule has 124 valence electrons. The monoisotopic (exact) mass is 347 g/mol. The molecule has 1 N–H and O–H groups in total. The summed E-state index contributed by atoms with van der Waals surface area (Å²) in [6, 6.07) is 12.4. The van der Waals surface area contributed by atoms with Gasteiger partial charge in [-0.1, -0.05) is 11.6 Å². The summed E-state index contributed by atoms with van der Waals surface area (Å²) in [4.78, 5) is 21.9. The van der Waals surface area contributed by atoms with Crippen LogP contribution < -0.4 is 10.2 Å². The highest BCUT2D eigenvalue weighted by atomic mass is 35.5. The normalized spacial score (nSPS) is 11.9. The molecule has 2 aromatic rings. The number of ether oxygens (including phenoxy) is 1. The Morgan fingerprint density at radius 3 is 2.46 bits per heavy atom. The number of nitro groups is 1. The van der Waals surface area contributed by atoms with Crippen LogP contribution in [0.3, 0.4) is 0 Å². The Labute approximate surface area is 143 Å². The third-order valence-electron chi connectivity index (χ3n) is 2.99. The van der Waals surface area contributed by atoms with Crippen molar-refractivity contribution in [2.75, 3.05) is 0 Å². The molecular formula is C16H14ClN3O4. The Morgan fingerprint density at radius 2 is 1.88 bits per heavy atom. The van der Waals surface area contributed by atoms with Crippen LogP contribution >= 0.6 is 11.6 Å². The number of non-ortho nitro benzene ring substituents is 1.